The zero-order chi connectivity index (χ0) is 21.6. The van der Waals surface area contributed by atoms with E-state index in [9.17, 15) is 9.59 Å². The van der Waals surface area contributed by atoms with Crippen molar-refractivity contribution in [2.45, 2.75) is 64.3 Å². The fraction of sp³-hybridized carbons (Fsp3) is 0.385. The molecule has 0 aromatic heterocycles. The normalized spacial score (nSPS) is 15.2. The molecule has 158 valence electrons. The summed E-state index contributed by atoms with van der Waals surface area (Å²) >= 11 is 0. The van der Waals surface area contributed by atoms with E-state index in [1.807, 2.05) is 24.3 Å². The van der Waals surface area contributed by atoms with Gasteiger partial charge in [0.05, 0.1) is 11.3 Å². The van der Waals surface area contributed by atoms with Gasteiger partial charge in [0.25, 0.3) is 5.91 Å². The first-order valence-corrected chi connectivity index (χ1v) is 10.8. The Morgan fingerprint density at radius 2 is 1.60 bits per heavy atom. The molecule has 4 heteroatoms. The monoisotopic (exact) mass is 404 g/mol. The molecule has 2 aromatic carbocycles. The molecular formula is C26H32N2O2. The predicted octanol–water partition coefficient (Wildman–Crippen LogP) is 5.70. The number of carbonyl (C=O) groups excluding carboxylic acids is 2. The average Bonchev–Trinajstić information content (AvgIpc) is 2.73. The van der Waals surface area contributed by atoms with E-state index < -0.39 is 0 Å². The molecule has 3 rings (SSSR count). The maximum absolute atomic E-state index is 12.7. The van der Waals surface area contributed by atoms with Crippen LogP contribution in [0.5, 0.6) is 0 Å². The van der Waals surface area contributed by atoms with Gasteiger partial charge >= 0.3 is 0 Å². The second-order valence-corrected chi connectivity index (χ2v) is 9.05. The molecule has 0 heterocycles. The van der Waals surface area contributed by atoms with E-state index in [1.165, 1.54) is 18.1 Å². The van der Waals surface area contributed by atoms with E-state index in [0.717, 1.165) is 31.2 Å². The molecule has 0 spiro atoms. The molecule has 2 N–H and O–H groups in total. The number of rotatable bonds is 5. The summed E-state index contributed by atoms with van der Waals surface area (Å²) < 4.78 is 0. The Balaban J connectivity index is 1.63. The Morgan fingerprint density at radius 3 is 2.27 bits per heavy atom. The molecule has 30 heavy (non-hydrogen) atoms. The molecule has 1 aliphatic carbocycles. The average molecular weight is 405 g/mol. The van der Waals surface area contributed by atoms with Gasteiger partial charge in [-0.3, -0.25) is 9.59 Å². The van der Waals surface area contributed by atoms with Crippen molar-refractivity contribution in [1.82, 2.24) is 5.32 Å². The summed E-state index contributed by atoms with van der Waals surface area (Å²) in [7, 11) is 0. The predicted molar refractivity (Wildman–Crippen MR) is 124 cm³/mol. The standard InChI is InChI=1S/C26H32N2O2/c1-26(2,3)20-16-13-19(14-17-20)15-18-24(29)28-23-12-8-7-11-22(23)25(30)27-21-9-5-4-6-10-21/h7-8,11-18,21H,4-6,9-10H2,1-3H3,(H,27,30)(H,28,29)/b18-15+. The molecule has 1 fully saturated rings. The molecule has 2 aromatic rings. The number of carbonyl (C=O) groups is 2. The van der Waals surface area contributed by atoms with E-state index in [2.05, 4.69) is 43.5 Å². The van der Waals surface area contributed by atoms with Gasteiger partial charge in [-0.1, -0.05) is 76.4 Å². The van der Waals surface area contributed by atoms with Crippen LogP contribution in [0.3, 0.4) is 0 Å². The lowest BCUT2D eigenvalue weighted by atomic mass is 9.87. The van der Waals surface area contributed by atoms with E-state index >= 15 is 0 Å². The number of benzene rings is 2. The van der Waals surface area contributed by atoms with Crippen LogP contribution in [-0.2, 0) is 10.2 Å². The molecule has 0 aliphatic heterocycles. The summed E-state index contributed by atoms with van der Waals surface area (Å²) in [4.78, 5) is 25.2. The highest BCUT2D eigenvalue weighted by Crippen LogP contribution is 2.23. The second-order valence-electron chi connectivity index (χ2n) is 9.05. The smallest absolute Gasteiger partial charge is 0.253 e. The van der Waals surface area contributed by atoms with Crippen molar-refractivity contribution >= 4 is 23.6 Å². The van der Waals surface area contributed by atoms with Crippen molar-refractivity contribution in [2.24, 2.45) is 0 Å². The maximum Gasteiger partial charge on any atom is 0.253 e. The van der Waals surface area contributed by atoms with Crippen LogP contribution in [0.15, 0.2) is 54.6 Å². The van der Waals surface area contributed by atoms with E-state index in [0.29, 0.717) is 11.3 Å². The van der Waals surface area contributed by atoms with Crippen LogP contribution < -0.4 is 10.6 Å². The molecule has 0 bridgehead atoms. The highest BCUT2D eigenvalue weighted by Gasteiger charge is 2.19. The number of hydrogen-bond donors (Lipinski definition) is 2. The van der Waals surface area contributed by atoms with Crippen molar-refractivity contribution in [1.29, 1.82) is 0 Å². The number of nitrogens with one attached hydrogen (secondary N) is 2. The Morgan fingerprint density at radius 1 is 0.933 bits per heavy atom. The largest absolute Gasteiger partial charge is 0.349 e. The molecule has 1 saturated carbocycles. The highest BCUT2D eigenvalue weighted by molar-refractivity contribution is 6.07. The molecule has 0 radical (unpaired) electrons. The number of amides is 2. The number of hydrogen-bond acceptors (Lipinski definition) is 2. The molecule has 0 unspecified atom stereocenters. The van der Waals surface area contributed by atoms with Crippen molar-refractivity contribution < 1.29 is 9.59 Å². The van der Waals surface area contributed by atoms with Gasteiger partial charge in [0.1, 0.15) is 0 Å². The van der Waals surface area contributed by atoms with Crippen molar-refractivity contribution in [3.05, 3.63) is 71.3 Å². The molecule has 1 aliphatic rings. The summed E-state index contributed by atoms with van der Waals surface area (Å²) in [5, 5.41) is 5.96. The first kappa shape index (κ1) is 21.8. The van der Waals surface area contributed by atoms with Crippen LogP contribution in [0, 0.1) is 0 Å². The minimum absolute atomic E-state index is 0.0987. The van der Waals surface area contributed by atoms with Crippen LogP contribution in [0.2, 0.25) is 0 Å². The summed E-state index contributed by atoms with van der Waals surface area (Å²) in [5.74, 6) is -0.382. The molecule has 2 amide bonds. The third-order valence-corrected chi connectivity index (χ3v) is 5.57. The zero-order valence-corrected chi connectivity index (χ0v) is 18.2. The number of anilines is 1. The van der Waals surface area contributed by atoms with Gasteiger partial charge in [0.2, 0.25) is 5.91 Å². The first-order chi connectivity index (χ1) is 14.3. The van der Waals surface area contributed by atoms with Gasteiger partial charge in [-0.15, -0.1) is 0 Å². The molecule has 0 atom stereocenters. The van der Waals surface area contributed by atoms with E-state index in [1.54, 1.807) is 18.2 Å². The van der Waals surface area contributed by atoms with Crippen LogP contribution in [0.1, 0.15) is 74.4 Å². The summed E-state index contributed by atoms with van der Waals surface area (Å²) in [5.41, 5.74) is 3.34. The van der Waals surface area contributed by atoms with E-state index in [-0.39, 0.29) is 23.3 Å². The fourth-order valence-electron chi connectivity index (χ4n) is 3.74. The van der Waals surface area contributed by atoms with E-state index in [4.69, 9.17) is 0 Å². The van der Waals surface area contributed by atoms with Crippen molar-refractivity contribution in [3.63, 3.8) is 0 Å². The lowest BCUT2D eigenvalue weighted by Crippen LogP contribution is -2.36. The quantitative estimate of drug-likeness (QED) is 0.628. The van der Waals surface area contributed by atoms with Gasteiger partial charge < -0.3 is 10.6 Å². The Labute approximate surface area is 179 Å². The lowest BCUT2D eigenvalue weighted by Gasteiger charge is -2.23. The Bertz CT molecular complexity index is 901. The van der Waals surface area contributed by atoms with Crippen LogP contribution >= 0.6 is 0 Å². The fourth-order valence-corrected chi connectivity index (χ4v) is 3.74. The Hall–Kier alpha value is -2.88. The van der Waals surface area contributed by atoms with Gasteiger partial charge in [-0.2, -0.15) is 0 Å². The molecule has 0 saturated heterocycles. The second kappa shape index (κ2) is 9.75. The SMILES string of the molecule is CC(C)(C)c1ccc(/C=C/C(=O)Nc2ccccc2C(=O)NC2CCCCC2)cc1. The topological polar surface area (TPSA) is 58.2 Å². The minimum atomic E-state index is -0.257. The summed E-state index contributed by atoms with van der Waals surface area (Å²) in [6.07, 6.45) is 8.89. The minimum Gasteiger partial charge on any atom is -0.349 e. The zero-order valence-electron chi connectivity index (χ0n) is 18.2. The van der Waals surface area contributed by atoms with Gasteiger partial charge in [0, 0.05) is 12.1 Å². The third-order valence-electron chi connectivity index (χ3n) is 5.57. The lowest BCUT2D eigenvalue weighted by molar-refractivity contribution is -0.111. The highest BCUT2D eigenvalue weighted by atomic mass is 16.2. The molecule has 4 nitrogen and oxygen atoms in total. The van der Waals surface area contributed by atoms with Gasteiger partial charge in [-0.25, -0.2) is 0 Å². The summed E-state index contributed by atoms with van der Waals surface area (Å²) in [6, 6.07) is 15.6. The van der Waals surface area contributed by atoms with Crippen molar-refractivity contribution in [2.75, 3.05) is 5.32 Å². The summed E-state index contributed by atoms with van der Waals surface area (Å²) in [6.45, 7) is 6.52. The van der Waals surface area contributed by atoms with Gasteiger partial charge in [-0.05, 0) is 47.6 Å². The van der Waals surface area contributed by atoms with Crippen LogP contribution in [0.4, 0.5) is 5.69 Å². The van der Waals surface area contributed by atoms with Crippen molar-refractivity contribution in [3.8, 4) is 0 Å². The molecular weight excluding hydrogens is 372 g/mol. The van der Waals surface area contributed by atoms with Crippen LogP contribution in [0.25, 0.3) is 6.08 Å². The van der Waals surface area contributed by atoms with Crippen LogP contribution in [-0.4, -0.2) is 17.9 Å². The van der Waals surface area contributed by atoms with Gasteiger partial charge in [0.15, 0.2) is 0 Å². The number of para-hydroxylation sites is 1. The Kier molecular flexibility index (Phi) is 7.09. The first-order valence-electron chi connectivity index (χ1n) is 10.8. The third kappa shape index (κ3) is 6.06. The maximum atomic E-state index is 12.7.